The summed E-state index contributed by atoms with van der Waals surface area (Å²) >= 11 is 1.66. The Hall–Kier alpha value is -0.870. The molecule has 3 nitrogen and oxygen atoms in total. The van der Waals surface area contributed by atoms with Gasteiger partial charge in [0.05, 0.1) is 6.54 Å². The Balaban J connectivity index is 2.37. The zero-order valence-electron chi connectivity index (χ0n) is 9.37. The van der Waals surface area contributed by atoms with E-state index in [1.807, 2.05) is 19.2 Å². The zero-order valence-corrected chi connectivity index (χ0v) is 10.2. The van der Waals surface area contributed by atoms with Crippen molar-refractivity contribution in [1.82, 2.24) is 5.32 Å². The predicted octanol–water partition coefficient (Wildman–Crippen LogP) is 2.10. The number of thiophene rings is 1. The summed E-state index contributed by atoms with van der Waals surface area (Å²) in [5.41, 5.74) is 1.23. The summed E-state index contributed by atoms with van der Waals surface area (Å²) in [5, 5.41) is 4.89. The molecule has 84 valence electrons. The zero-order chi connectivity index (χ0) is 11.3. The van der Waals surface area contributed by atoms with E-state index >= 15 is 0 Å². The molecule has 0 saturated heterocycles. The fraction of sp³-hybridized carbons (Fsp3) is 0.545. The SMILES string of the molecule is CCO[C@@H](C)C(=O)NCc1sccc1C. The van der Waals surface area contributed by atoms with Crippen LogP contribution in [0.3, 0.4) is 0 Å². The number of rotatable bonds is 5. The van der Waals surface area contributed by atoms with E-state index in [4.69, 9.17) is 4.74 Å². The molecule has 1 rings (SSSR count). The minimum absolute atomic E-state index is 0.0512. The van der Waals surface area contributed by atoms with Crippen LogP contribution in [0, 0.1) is 6.92 Å². The van der Waals surface area contributed by atoms with Crippen molar-refractivity contribution in [3.63, 3.8) is 0 Å². The van der Waals surface area contributed by atoms with Crippen molar-refractivity contribution in [2.45, 2.75) is 33.4 Å². The standard InChI is InChI=1S/C11H17NO2S/c1-4-14-9(3)11(13)12-7-10-8(2)5-6-15-10/h5-6,9H,4,7H2,1-3H3,(H,12,13)/t9-/m0/s1. The second-order valence-corrected chi connectivity index (χ2v) is 4.34. The molecule has 0 bridgehead atoms. The third-order valence-electron chi connectivity index (χ3n) is 2.18. The fourth-order valence-electron chi connectivity index (χ4n) is 1.22. The molecule has 0 fully saturated rings. The maximum absolute atomic E-state index is 11.5. The Labute approximate surface area is 94.5 Å². The molecule has 1 aromatic heterocycles. The topological polar surface area (TPSA) is 38.3 Å². The molecule has 0 aromatic carbocycles. The van der Waals surface area contributed by atoms with Crippen molar-refractivity contribution < 1.29 is 9.53 Å². The molecule has 1 atom stereocenters. The van der Waals surface area contributed by atoms with Crippen molar-refractivity contribution in [3.8, 4) is 0 Å². The average Bonchev–Trinajstić information content (AvgIpc) is 2.61. The maximum atomic E-state index is 11.5. The summed E-state index contributed by atoms with van der Waals surface area (Å²) in [5.74, 6) is -0.0512. The molecule has 0 aliphatic carbocycles. The van der Waals surface area contributed by atoms with E-state index in [2.05, 4.69) is 11.4 Å². The lowest BCUT2D eigenvalue weighted by Crippen LogP contribution is -2.33. The van der Waals surface area contributed by atoms with Crippen LogP contribution in [0.25, 0.3) is 0 Å². The number of nitrogens with one attached hydrogen (secondary N) is 1. The molecule has 4 heteroatoms. The largest absolute Gasteiger partial charge is 0.369 e. The van der Waals surface area contributed by atoms with Crippen molar-refractivity contribution >= 4 is 17.2 Å². The predicted molar refractivity (Wildman–Crippen MR) is 62.0 cm³/mol. The van der Waals surface area contributed by atoms with E-state index in [9.17, 15) is 4.79 Å². The van der Waals surface area contributed by atoms with Gasteiger partial charge in [0.1, 0.15) is 6.10 Å². The average molecular weight is 227 g/mol. The summed E-state index contributed by atoms with van der Waals surface area (Å²) < 4.78 is 5.20. The summed E-state index contributed by atoms with van der Waals surface area (Å²) in [7, 11) is 0. The molecule has 1 N–H and O–H groups in total. The number of aryl methyl sites for hydroxylation is 1. The van der Waals surface area contributed by atoms with Crippen LogP contribution in [0.4, 0.5) is 0 Å². The minimum Gasteiger partial charge on any atom is -0.369 e. The number of hydrogen-bond acceptors (Lipinski definition) is 3. The lowest BCUT2D eigenvalue weighted by atomic mass is 10.3. The molecule has 0 unspecified atom stereocenters. The van der Waals surface area contributed by atoms with Crippen LogP contribution in [0.1, 0.15) is 24.3 Å². The number of ether oxygens (including phenoxy) is 1. The first-order valence-electron chi connectivity index (χ1n) is 5.07. The third-order valence-corrected chi connectivity index (χ3v) is 3.20. The smallest absolute Gasteiger partial charge is 0.249 e. The highest BCUT2D eigenvalue weighted by molar-refractivity contribution is 7.10. The van der Waals surface area contributed by atoms with Crippen LogP contribution in [-0.2, 0) is 16.1 Å². The van der Waals surface area contributed by atoms with Gasteiger partial charge in [0, 0.05) is 11.5 Å². The highest BCUT2D eigenvalue weighted by Crippen LogP contribution is 2.14. The second kappa shape index (κ2) is 5.88. The van der Waals surface area contributed by atoms with E-state index in [0.717, 1.165) is 0 Å². The van der Waals surface area contributed by atoms with Gasteiger partial charge in [-0.3, -0.25) is 4.79 Å². The second-order valence-electron chi connectivity index (χ2n) is 3.34. The van der Waals surface area contributed by atoms with E-state index in [1.165, 1.54) is 10.4 Å². The maximum Gasteiger partial charge on any atom is 0.249 e. The normalized spacial score (nSPS) is 12.5. The van der Waals surface area contributed by atoms with E-state index < -0.39 is 0 Å². The van der Waals surface area contributed by atoms with E-state index in [1.54, 1.807) is 18.3 Å². The lowest BCUT2D eigenvalue weighted by Gasteiger charge is -2.11. The molecule has 1 aromatic rings. The first-order valence-corrected chi connectivity index (χ1v) is 5.95. The summed E-state index contributed by atoms with van der Waals surface area (Å²) in [6.45, 7) is 6.85. The van der Waals surface area contributed by atoms with Gasteiger partial charge in [-0.25, -0.2) is 0 Å². The summed E-state index contributed by atoms with van der Waals surface area (Å²) in [4.78, 5) is 12.7. The third kappa shape index (κ3) is 3.64. The number of carbonyl (C=O) groups excluding carboxylic acids is 1. The van der Waals surface area contributed by atoms with Crippen LogP contribution in [0.5, 0.6) is 0 Å². The van der Waals surface area contributed by atoms with Gasteiger partial charge in [-0.05, 0) is 37.8 Å². The van der Waals surface area contributed by atoms with Crippen LogP contribution in [-0.4, -0.2) is 18.6 Å². The minimum atomic E-state index is -0.365. The van der Waals surface area contributed by atoms with Crippen LogP contribution in [0.2, 0.25) is 0 Å². The number of amides is 1. The van der Waals surface area contributed by atoms with Crippen LogP contribution < -0.4 is 5.32 Å². The molecule has 0 radical (unpaired) electrons. The van der Waals surface area contributed by atoms with Crippen molar-refractivity contribution in [3.05, 3.63) is 21.9 Å². The molecular formula is C11H17NO2S. The molecular weight excluding hydrogens is 210 g/mol. The molecule has 1 amide bonds. The molecule has 1 heterocycles. The van der Waals surface area contributed by atoms with Gasteiger partial charge < -0.3 is 10.1 Å². The number of carbonyl (C=O) groups is 1. The molecule has 15 heavy (non-hydrogen) atoms. The molecule has 0 aliphatic rings. The monoisotopic (exact) mass is 227 g/mol. The first kappa shape index (κ1) is 12.2. The Kier molecular flexibility index (Phi) is 4.78. The Morgan fingerprint density at radius 3 is 2.93 bits per heavy atom. The lowest BCUT2D eigenvalue weighted by molar-refractivity contribution is -0.131. The summed E-state index contributed by atoms with van der Waals surface area (Å²) in [6.07, 6.45) is -0.365. The Bertz CT molecular complexity index is 322. The van der Waals surface area contributed by atoms with Gasteiger partial charge in [0.25, 0.3) is 0 Å². The van der Waals surface area contributed by atoms with Crippen molar-refractivity contribution in [2.24, 2.45) is 0 Å². The van der Waals surface area contributed by atoms with E-state index in [-0.39, 0.29) is 12.0 Å². The highest BCUT2D eigenvalue weighted by Gasteiger charge is 2.12. The number of hydrogen-bond donors (Lipinski definition) is 1. The Morgan fingerprint density at radius 2 is 2.40 bits per heavy atom. The van der Waals surface area contributed by atoms with Crippen LogP contribution >= 0.6 is 11.3 Å². The van der Waals surface area contributed by atoms with Gasteiger partial charge in [-0.2, -0.15) is 0 Å². The summed E-state index contributed by atoms with van der Waals surface area (Å²) in [6, 6.07) is 2.05. The molecule has 0 spiro atoms. The van der Waals surface area contributed by atoms with Gasteiger partial charge >= 0.3 is 0 Å². The van der Waals surface area contributed by atoms with Crippen molar-refractivity contribution in [2.75, 3.05) is 6.61 Å². The fourth-order valence-corrected chi connectivity index (χ4v) is 2.07. The Morgan fingerprint density at radius 1 is 1.67 bits per heavy atom. The van der Waals surface area contributed by atoms with Gasteiger partial charge in [0.2, 0.25) is 5.91 Å². The van der Waals surface area contributed by atoms with Crippen LogP contribution in [0.15, 0.2) is 11.4 Å². The molecule has 0 saturated carbocycles. The van der Waals surface area contributed by atoms with E-state index in [0.29, 0.717) is 13.2 Å². The van der Waals surface area contributed by atoms with Gasteiger partial charge in [0.15, 0.2) is 0 Å². The van der Waals surface area contributed by atoms with Gasteiger partial charge in [-0.15, -0.1) is 11.3 Å². The molecule has 0 aliphatic heterocycles. The van der Waals surface area contributed by atoms with Gasteiger partial charge in [-0.1, -0.05) is 0 Å². The first-order chi connectivity index (χ1) is 7.15. The quantitative estimate of drug-likeness (QED) is 0.836. The highest BCUT2D eigenvalue weighted by atomic mass is 32.1. The van der Waals surface area contributed by atoms with Crippen molar-refractivity contribution in [1.29, 1.82) is 0 Å².